The molecule has 0 saturated heterocycles. The van der Waals surface area contributed by atoms with Crippen LogP contribution in [0.1, 0.15) is 29.3 Å². The molecule has 0 radical (unpaired) electrons. The van der Waals surface area contributed by atoms with Crippen LogP contribution < -0.4 is 0 Å². The summed E-state index contributed by atoms with van der Waals surface area (Å²) in [6.45, 7) is 3.77. The van der Waals surface area contributed by atoms with Gasteiger partial charge in [-0.25, -0.2) is 0 Å². The molecule has 2 nitrogen and oxygen atoms in total. The summed E-state index contributed by atoms with van der Waals surface area (Å²) in [5, 5.41) is 8.83. The van der Waals surface area contributed by atoms with Crippen LogP contribution >= 0.6 is 15.9 Å². The van der Waals surface area contributed by atoms with Gasteiger partial charge in [-0.2, -0.15) is 5.26 Å². The Morgan fingerprint density at radius 2 is 2.27 bits per heavy atom. The highest BCUT2D eigenvalue weighted by atomic mass is 79.9. The first kappa shape index (κ1) is 11.9. The maximum atomic E-state index is 11.9. The summed E-state index contributed by atoms with van der Waals surface area (Å²) in [4.78, 5) is 11.9. The third kappa shape index (κ3) is 2.45. The van der Waals surface area contributed by atoms with Crippen LogP contribution in [0.15, 0.2) is 22.7 Å². The van der Waals surface area contributed by atoms with Crippen LogP contribution in [0, 0.1) is 24.2 Å². The van der Waals surface area contributed by atoms with Crippen molar-refractivity contribution >= 4 is 21.7 Å². The van der Waals surface area contributed by atoms with Crippen LogP contribution in [0.4, 0.5) is 0 Å². The molecule has 0 aliphatic heterocycles. The molecular weight excluding hydrogens is 254 g/mol. The normalized spacial score (nSPS) is 11.9. The topological polar surface area (TPSA) is 40.9 Å². The first-order chi connectivity index (χ1) is 7.11. The van der Waals surface area contributed by atoms with Crippen LogP contribution in [-0.2, 0) is 0 Å². The second-order valence-electron chi connectivity index (χ2n) is 3.39. The Hall–Kier alpha value is -1.14. The summed E-state index contributed by atoms with van der Waals surface area (Å²) in [6, 6.07) is 7.53. The maximum absolute atomic E-state index is 11.9. The van der Waals surface area contributed by atoms with Gasteiger partial charge in [0.25, 0.3) is 0 Å². The van der Waals surface area contributed by atoms with Crippen molar-refractivity contribution in [1.82, 2.24) is 0 Å². The number of rotatable bonds is 3. The summed E-state index contributed by atoms with van der Waals surface area (Å²) >= 11 is 3.38. The standard InChI is InChI=1S/C12H12BrNO/c1-3-9(7-14)12(15)10-6-4-5-8(2)11(10)13/h4-6,9H,3H2,1-2H3. The molecule has 0 N–H and O–H groups in total. The van der Waals surface area contributed by atoms with E-state index in [0.29, 0.717) is 12.0 Å². The summed E-state index contributed by atoms with van der Waals surface area (Å²) in [7, 11) is 0. The van der Waals surface area contributed by atoms with Gasteiger partial charge in [0.2, 0.25) is 0 Å². The SMILES string of the molecule is CCC(C#N)C(=O)c1cccc(C)c1Br. The average Bonchev–Trinajstić information content (AvgIpc) is 2.23. The van der Waals surface area contributed by atoms with E-state index < -0.39 is 5.92 Å². The molecule has 3 heteroatoms. The zero-order valence-corrected chi connectivity index (χ0v) is 10.3. The predicted molar refractivity (Wildman–Crippen MR) is 62.6 cm³/mol. The minimum atomic E-state index is -0.539. The highest BCUT2D eigenvalue weighted by molar-refractivity contribution is 9.10. The lowest BCUT2D eigenvalue weighted by Gasteiger charge is -2.08. The van der Waals surface area contributed by atoms with E-state index in [1.165, 1.54) is 0 Å². The van der Waals surface area contributed by atoms with Gasteiger partial charge in [-0.3, -0.25) is 4.79 Å². The number of aryl methyl sites for hydroxylation is 1. The second-order valence-corrected chi connectivity index (χ2v) is 4.18. The Bertz CT molecular complexity index is 420. The fourth-order valence-corrected chi connectivity index (χ4v) is 1.82. The van der Waals surface area contributed by atoms with Crippen molar-refractivity contribution in [3.63, 3.8) is 0 Å². The number of hydrogen-bond donors (Lipinski definition) is 0. The molecule has 0 heterocycles. The van der Waals surface area contributed by atoms with E-state index >= 15 is 0 Å². The van der Waals surface area contributed by atoms with E-state index in [1.54, 1.807) is 6.07 Å². The van der Waals surface area contributed by atoms with Gasteiger partial charge in [0.05, 0.1) is 6.07 Å². The molecule has 0 saturated carbocycles. The number of Topliss-reactive ketones (excluding diaryl/α,β-unsaturated/α-hetero) is 1. The molecule has 0 aliphatic carbocycles. The molecular formula is C12H12BrNO. The van der Waals surface area contributed by atoms with Gasteiger partial charge in [0, 0.05) is 10.0 Å². The Labute approximate surface area is 98.0 Å². The zero-order valence-electron chi connectivity index (χ0n) is 8.75. The number of ketones is 1. The molecule has 0 amide bonds. The van der Waals surface area contributed by atoms with Crippen LogP contribution in [0.5, 0.6) is 0 Å². The fraction of sp³-hybridized carbons (Fsp3) is 0.333. The van der Waals surface area contributed by atoms with Crippen molar-refractivity contribution in [3.8, 4) is 6.07 Å². The quantitative estimate of drug-likeness (QED) is 0.786. The van der Waals surface area contributed by atoms with Crippen molar-refractivity contribution in [2.24, 2.45) is 5.92 Å². The molecule has 1 atom stereocenters. The smallest absolute Gasteiger partial charge is 0.181 e. The van der Waals surface area contributed by atoms with E-state index in [4.69, 9.17) is 5.26 Å². The van der Waals surface area contributed by atoms with Crippen LogP contribution in [0.2, 0.25) is 0 Å². The fourth-order valence-electron chi connectivity index (χ4n) is 1.36. The van der Waals surface area contributed by atoms with E-state index in [2.05, 4.69) is 15.9 Å². The molecule has 1 aromatic rings. The lowest BCUT2D eigenvalue weighted by molar-refractivity contribution is 0.0946. The summed E-state index contributed by atoms with van der Waals surface area (Å²) in [5.41, 5.74) is 1.61. The van der Waals surface area contributed by atoms with Crippen molar-refractivity contribution in [2.45, 2.75) is 20.3 Å². The Morgan fingerprint density at radius 3 is 2.80 bits per heavy atom. The number of halogens is 1. The Kier molecular flexibility index (Phi) is 4.05. The average molecular weight is 266 g/mol. The van der Waals surface area contributed by atoms with Gasteiger partial charge in [-0.1, -0.05) is 25.1 Å². The molecule has 1 rings (SSSR count). The minimum absolute atomic E-state index is 0.101. The zero-order chi connectivity index (χ0) is 11.4. The molecule has 0 bridgehead atoms. The van der Waals surface area contributed by atoms with Gasteiger partial charge in [-0.05, 0) is 34.8 Å². The third-order valence-electron chi connectivity index (χ3n) is 2.34. The molecule has 1 aromatic carbocycles. The highest BCUT2D eigenvalue weighted by Crippen LogP contribution is 2.24. The van der Waals surface area contributed by atoms with E-state index in [0.717, 1.165) is 10.0 Å². The van der Waals surface area contributed by atoms with Gasteiger partial charge in [-0.15, -0.1) is 0 Å². The number of benzene rings is 1. The molecule has 0 aromatic heterocycles. The van der Waals surface area contributed by atoms with E-state index in [-0.39, 0.29) is 5.78 Å². The van der Waals surface area contributed by atoms with Gasteiger partial charge < -0.3 is 0 Å². The van der Waals surface area contributed by atoms with E-state index in [9.17, 15) is 4.79 Å². The summed E-state index contributed by atoms with van der Waals surface area (Å²) in [6.07, 6.45) is 0.551. The van der Waals surface area contributed by atoms with Gasteiger partial charge in [0.1, 0.15) is 5.92 Å². The summed E-state index contributed by atoms with van der Waals surface area (Å²) < 4.78 is 0.795. The lowest BCUT2D eigenvalue weighted by atomic mass is 9.96. The highest BCUT2D eigenvalue weighted by Gasteiger charge is 2.20. The predicted octanol–water partition coefficient (Wildman–Crippen LogP) is 3.49. The van der Waals surface area contributed by atoms with Crippen LogP contribution in [0.25, 0.3) is 0 Å². The number of nitriles is 1. The minimum Gasteiger partial charge on any atom is -0.293 e. The van der Waals surface area contributed by atoms with Crippen LogP contribution in [-0.4, -0.2) is 5.78 Å². The third-order valence-corrected chi connectivity index (χ3v) is 3.39. The van der Waals surface area contributed by atoms with Crippen LogP contribution in [0.3, 0.4) is 0 Å². The molecule has 0 fully saturated rings. The number of carbonyl (C=O) groups excluding carboxylic acids is 1. The number of carbonyl (C=O) groups is 1. The largest absolute Gasteiger partial charge is 0.293 e. The Balaban J connectivity index is 3.13. The molecule has 0 spiro atoms. The van der Waals surface area contributed by atoms with Crippen molar-refractivity contribution in [1.29, 1.82) is 5.26 Å². The second kappa shape index (κ2) is 5.09. The number of hydrogen-bond acceptors (Lipinski definition) is 2. The summed E-state index contributed by atoms with van der Waals surface area (Å²) in [5.74, 6) is -0.640. The van der Waals surface area contributed by atoms with Crippen molar-refractivity contribution < 1.29 is 4.79 Å². The van der Waals surface area contributed by atoms with Crippen molar-refractivity contribution in [3.05, 3.63) is 33.8 Å². The first-order valence-corrected chi connectivity index (χ1v) is 5.60. The lowest BCUT2D eigenvalue weighted by Crippen LogP contribution is -2.12. The maximum Gasteiger partial charge on any atom is 0.181 e. The van der Waals surface area contributed by atoms with Crippen molar-refractivity contribution in [2.75, 3.05) is 0 Å². The molecule has 78 valence electrons. The molecule has 15 heavy (non-hydrogen) atoms. The first-order valence-electron chi connectivity index (χ1n) is 4.80. The van der Waals surface area contributed by atoms with Gasteiger partial charge >= 0.3 is 0 Å². The molecule has 1 unspecified atom stereocenters. The monoisotopic (exact) mass is 265 g/mol. The number of nitrogens with zero attached hydrogens (tertiary/aromatic N) is 1. The van der Waals surface area contributed by atoms with E-state index in [1.807, 2.05) is 32.0 Å². The van der Waals surface area contributed by atoms with Gasteiger partial charge in [0.15, 0.2) is 5.78 Å². The Morgan fingerprint density at radius 1 is 1.60 bits per heavy atom. The molecule has 0 aliphatic rings.